The van der Waals surface area contributed by atoms with Gasteiger partial charge in [-0.3, -0.25) is 4.79 Å². The Labute approximate surface area is 73.7 Å². The summed E-state index contributed by atoms with van der Waals surface area (Å²) in [6.07, 6.45) is 0.675. The molecule has 1 N–H and O–H groups in total. The van der Waals surface area contributed by atoms with E-state index in [1.807, 2.05) is 25.1 Å². The fourth-order valence-electron chi connectivity index (χ4n) is 0.827. The van der Waals surface area contributed by atoms with E-state index in [0.717, 1.165) is 15.7 Å². The maximum Gasteiger partial charge on any atom is 0.211 e. The summed E-state index contributed by atoms with van der Waals surface area (Å²) in [4.78, 5) is 10.1. The summed E-state index contributed by atoms with van der Waals surface area (Å²) in [7, 11) is 0. The van der Waals surface area contributed by atoms with Crippen molar-refractivity contribution >= 4 is 28.0 Å². The molecule has 1 rings (SSSR count). The molecule has 0 fully saturated rings. The second-order valence-electron chi connectivity index (χ2n) is 2.17. The van der Waals surface area contributed by atoms with Crippen LogP contribution in [0.2, 0.25) is 0 Å². The van der Waals surface area contributed by atoms with Crippen LogP contribution in [0.25, 0.3) is 0 Å². The normalized spacial score (nSPS) is 9.27. The maximum absolute atomic E-state index is 10.1. The zero-order valence-corrected chi connectivity index (χ0v) is 7.68. The van der Waals surface area contributed by atoms with Crippen LogP contribution < -0.4 is 5.32 Å². The van der Waals surface area contributed by atoms with Crippen molar-refractivity contribution in [2.75, 3.05) is 5.32 Å². The number of carbonyl (C=O) groups is 1. The van der Waals surface area contributed by atoms with Gasteiger partial charge in [-0.1, -0.05) is 22.0 Å². The molecule has 58 valence electrons. The van der Waals surface area contributed by atoms with Crippen LogP contribution >= 0.6 is 15.9 Å². The lowest BCUT2D eigenvalue weighted by molar-refractivity contribution is -0.105. The molecule has 0 radical (unpaired) electrons. The first kappa shape index (κ1) is 8.27. The number of rotatable bonds is 2. The fraction of sp³-hybridized carbons (Fsp3) is 0.125. The lowest BCUT2D eigenvalue weighted by atomic mass is 10.2. The molecule has 0 heterocycles. The fourth-order valence-corrected chi connectivity index (χ4v) is 1.19. The van der Waals surface area contributed by atoms with E-state index < -0.39 is 0 Å². The van der Waals surface area contributed by atoms with Gasteiger partial charge in [-0.05, 0) is 24.6 Å². The Morgan fingerprint density at radius 3 is 2.91 bits per heavy atom. The van der Waals surface area contributed by atoms with Gasteiger partial charge in [0.25, 0.3) is 0 Å². The second-order valence-corrected chi connectivity index (χ2v) is 3.03. The molecule has 0 aliphatic rings. The maximum atomic E-state index is 10.1. The molecule has 0 aromatic heterocycles. The zero-order chi connectivity index (χ0) is 8.27. The number of amides is 1. The lowest BCUT2D eigenvalue weighted by Crippen LogP contribution is -1.95. The van der Waals surface area contributed by atoms with E-state index in [-0.39, 0.29) is 0 Å². The Balaban J connectivity index is 3.05. The Morgan fingerprint density at radius 1 is 1.55 bits per heavy atom. The summed E-state index contributed by atoms with van der Waals surface area (Å²) in [5.41, 5.74) is 1.88. The van der Waals surface area contributed by atoms with Gasteiger partial charge >= 0.3 is 0 Å². The number of hydrogen-bond acceptors (Lipinski definition) is 1. The Bertz CT molecular complexity index is 273. The van der Waals surface area contributed by atoms with Crippen LogP contribution in [0.3, 0.4) is 0 Å². The molecular formula is C8H8BrNO. The smallest absolute Gasteiger partial charge is 0.211 e. The molecule has 0 unspecified atom stereocenters. The third-order valence-corrected chi connectivity index (χ3v) is 2.34. The van der Waals surface area contributed by atoms with Crippen LogP contribution in [-0.4, -0.2) is 6.41 Å². The lowest BCUT2D eigenvalue weighted by Gasteiger charge is -2.04. The Hall–Kier alpha value is -0.830. The van der Waals surface area contributed by atoms with Crippen molar-refractivity contribution in [3.05, 3.63) is 28.2 Å². The Kier molecular flexibility index (Phi) is 2.65. The van der Waals surface area contributed by atoms with E-state index in [9.17, 15) is 4.79 Å². The van der Waals surface area contributed by atoms with Crippen molar-refractivity contribution < 1.29 is 4.79 Å². The van der Waals surface area contributed by atoms with Gasteiger partial charge in [-0.2, -0.15) is 0 Å². The third kappa shape index (κ3) is 1.80. The van der Waals surface area contributed by atoms with Crippen LogP contribution in [0, 0.1) is 6.92 Å². The van der Waals surface area contributed by atoms with Gasteiger partial charge in [0.15, 0.2) is 0 Å². The highest BCUT2D eigenvalue weighted by molar-refractivity contribution is 9.10. The van der Waals surface area contributed by atoms with Gasteiger partial charge < -0.3 is 5.32 Å². The monoisotopic (exact) mass is 213 g/mol. The van der Waals surface area contributed by atoms with Crippen LogP contribution in [0.15, 0.2) is 22.7 Å². The van der Waals surface area contributed by atoms with Crippen LogP contribution in [0.1, 0.15) is 5.56 Å². The highest BCUT2D eigenvalue weighted by Crippen LogP contribution is 2.22. The molecule has 0 saturated carbocycles. The van der Waals surface area contributed by atoms with Crippen molar-refractivity contribution in [2.45, 2.75) is 6.92 Å². The molecular weight excluding hydrogens is 206 g/mol. The number of nitrogens with one attached hydrogen (secondary N) is 1. The van der Waals surface area contributed by atoms with E-state index in [0.29, 0.717) is 6.41 Å². The molecule has 0 aliphatic heterocycles. The van der Waals surface area contributed by atoms with E-state index in [1.165, 1.54) is 0 Å². The number of carbonyl (C=O) groups excluding carboxylic acids is 1. The minimum Gasteiger partial charge on any atom is -0.328 e. The number of benzene rings is 1. The highest BCUT2D eigenvalue weighted by Gasteiger charge is 1.98. The molecule has 2 nitrogen and oxygen atoms in total. The van der Waals surface area contributed by atoms with Crippen molar-refractivity contribution in [1.29, 1.82) is 0 Å². The largest absolute Gasteiger partial charge is 0.328 e. The zero-order valence-electron chi connectivity index (χ0n) is 6.10. The molecule has 0 saturated heterocycles. The van der Waals surface area contributed by atoms with Gasteiger partial charge in [0.1, 0.15) is 0 Å². The molecule has 0 atom stereocenters. The predicted molar refractivity (Wildman–Crippen MR) is 48.6 cm³/mol. The standard InChI is InChI=1S/C8H8BrNO/c1-6-7(9)3-2-4-8(6)10-5-11/h2-5H,1H3,(H,10,11). The Morgan fingerprint density at radius 2 is 2.27 bits per heavy atom. The summed E-state index contributed by atoms with van der Waals surface area (Å²) in [5, 5.41) is 2.61. The van der Waals surface area contributed by atoms with Crippen molar-refractivity contribution in [3.8, 4) is 0 Å². The van der Waals surface area contributed by atoms with E-state index >= 15 is 0 Å². The van der Waals surface area contributed by atoms with Crippen LogP contribution in [-0.2, 0) is 4.79 Å². The molecule has 0 spiro atoms. The first-order valence-electron chi connectivity index (χ1n) is 3.21. The molecule has 11 heavy (non-hydrogen) atoms. The van der Waals surface area contributed by atoms with Gasteiger partial charge in [0.05, 0.1) is 0 Å². The quantitative estimate of drug-likeness (QED) is 0.752. The van der Waals surface area contributed by atoms with E-state index in [2.05, 4.69) is 21.2 Å². The third-order valence-electron chi connectivity index (χ3n) is 1.48. The van der Waals surface area contributed by atoms with Gasteiger partial charge in [-0.15, -0.1) is 0 Å². The summed E-state index contributed by atoms with van der Waals surface area (Å²) >= 11 is 3.36. The van der Waals surface area contributed by atoms with Gasteiger partial charge in [-0.25, -0.2) is 0 Å². The predicted octanol–water partition coefficient (Wildman–Crippen LogP) is 2.33. The molecule has 0 bridgehead atoms. The molecule has 0 aliphatic carbocycles. The average Bonchev–Trinajstić information content (AvgIpc) is 1.99. The minimum absolute atomic E-state index is 0.675. The second kappa shape index (κ2) is 3.53. The molecule has 1 aromatic carbocycles. The van der Waals surface area contributed by atoms with Crippen molar-refractivity contribution in [1.82, 2.24) is 0 Å². The summed E-state index contributed by atoms with van der Waals surface area (Å²) < 4.78 is 1.00. The number of hydrogen-bond donors (Lipinski definition) is 1. The summed E-state index contributed by atoms with van der Waals surface area (Å²) in [6, 6.07) is 5.67. The summed E-state index contributed by atoms with van der Waals surface area (Å²) in [5.74, 6) is 0. The molecule has 1 aromatic rings. The van der Waals surface area contributed by atoms with Crippen molar-refractivity contribution in [3.63, 3.8) is 0 Å². The van der Waals surface area contributed by atoms with E-state index in [1.54, 1.807) is 0 Å². The molecule has 1 amide bonds. The van der Waals surface area contributed by atoms with E-state index in [4.69, 9.17) is 0 Å². The number of anilines is 1. The minimum atomic E-state index is 0.675. The summed E-state index contributed by atoms with van der Waals surface area (Å²) in [6.45, 7) is 1.94. The molecule has 3 heteroatoms. The first-order chi connectivity index (χ1) is 5.25. The SMILES string of the molecule is Cc1c(Br)cccc1NC=O. The highest BCUT2D eigenvalue weighted by atomic mass is 79.9. The number of halogens is 1. The van der Waals surface area contributed by atoms with Crippen molar-refractivity contribution in [2.24, 2.45) is 0 Å². The van der Waals surface area contributed by atoms with Crippen LogP contribution in [0.4, 0.5) is 5.69 Å². The van der Waals surface area contributed by atoms with Gasteiger partial charge in [0.2, 0.25) is 6.41 Å². The average molecular weight is 214 g/mol. The van der Waals surface area contributed by atoms with Gasteiger partial charge in [0, 0.05) is 10.2 Å². The topological polar surface area (TPSA) is 29.1 Å². The first-order valence-corrected chi connectivity index (χ1v) is 4.00. The van der Waals surface area contributed by atoms with Crippen LogP contribution in [0.5, 0.6) is 0 Å².